The van der Waals surface area contributed by atoms with E-state index in [0.717, 1.165) is 5.39 Å². The van der Waals surface area contributed by atoms with Crippen LogP contribution in [0.15, 0.2) is 29.3 Å². The molecule has 20 heavy (non-hydrogen) atoms. The van der Waals surface area contributed by atoms with Gasteiger partial charge in [-0.2, -0.15) is 0 Å². The van der Waals surface area contributed by atoms with E-state index in [0.29, 0.717) is 11.1 Å². The van der Waals surface area contributed by atoms with Crippen LogP contribution < -0.4 is 5.56 Å². The van der Waals surface area contributed by atoms with Crippen LogP contribution in [0.1, 0.15) is 19.4 Å². The Morgan fingerprint density at radius 3 is 2.65 bits per heavy atom. The summed E-state index contributed by atoms with van der Waals surface area (Å²) in [6.07, 6.45) is 3.19. The van der Waals surface area contributed by atoms with E-state index in [9.17, 15) is 9.36 Å². The first-order chi connectivity index (χ1) is 9.58. The van der Waals surface area contributed by atoms with Crippen LogP contribution in [0.3, 0.4) is 0 Å². The van der Waals surface area contributed by atoms with E-state index in [-0.39, 0.29) is 24.9 Å². The molecule has 2 heterocycles. The third kappa shape index (κ3) is 3.33. The lowest BCUT2D eigenvalue weighted by Crippen LogP contribution is -2.13. The van der Waals surface area contributed by atoms with Crippen molar-refractivity contribution in [1.82, 2.24) is 9.97 Å². The Kier molecular flexibility index (Phi) is 4.70. The molecule has 108 valence electrons. The average molecular weight is 296 g/mol. The number of hydrogen-bond donors (Lipinski definition) is 1. The quantitative estimate of drug-likeness (QED) is 0.829. The number of rotatable bonds is 6. The second-order valence-corrected chi connectivity index (χ2v) is 6.25. The normalized spacial score (nSPS) is 11.9. The summed E-state index contributed by atoms with van der Waals surface area (Å²) in [5.41, 5.74) is 0.774. The van der Waals surface area contributed by atoms with Crippen LogP contribution in [-0.4, -0.2) is 23.2 Å². The molecule has 0 saturated carbocycles. The van der Waals surface area contributed by atoms with Crippen molar-refractivity contribution in [3.63, 3.8) is 0 Å². The first-order valence-corrected chi connectivity index (χ1v) is 8.15. The highest BCUT2D eigenvalue weighted by molar-refractivity contribution is 7.53. The molecule has 0 saturated heterocycles. The standard InChI is InChI=1S/C13H17N2O4P/c1-3-18-20(17,19-4-2)9-11-7-10-8-14-6-5-12(10)15-13(11)16/h5-8H,3-4,9H2,1-2H3,(H,15,16). The summed E-state index contributed by atoms with van der Waals surface area (Å²) in [4.78, 5) is 18.7. The number of H-pyrrole nitrogens is 1. The van der Waals surface area contributed by atoms with Gasteiger partial charge in [-0.3, -0.25) is 14.3 Å². The smallest absolute Gasteiger partial charge is 0.322 e. The first kappa shape index (κ1) is 14.9. The number of fused-ring (bicyclic) bond motifs is 1. The van der Waals surface area contributed by atoms with Crippen molar-refractivity contribution in [2.24, 2.45) is 0 Å². The summed E-state index contributed by atoms with van der Waals surface area (Å²) in [6, 6.07) is 3.39. The molecule has 0 aromatic carbocycles. The predicted octanol–water partition coefficient (Wildman–Crippen LogP) is 2.69. The number of hydrogen-bond acceptors (Lipinski definition) is 5. The van der Waals surface area contributed by atoms with E-state index in [2.05, 4.69) is 9.97 Å². The third-order valence-electron chi connectivity index (χ3n) is 2.74. The fourth-order valence-corrected chi connectivity index (χ4v) is 3.64. The van der Waals surface area contributed by atoms with Gasteiger partial charge >= 0.3 is 7.60 Å². The lowest BCUT2D eigenvalue weighted by Gasteiger charge is -2.16. The summed E-state index contributed by atoms with van der Waals surface area (Å²) >= 11 is 0. The van der Waals surface area contributed by atoms with Gasteiger partial charge in [-0.1, -0.05) is 0 Å². The van der Waals surface area contributed by atoms with E-state index in [4.69, 9.17) is 9.05 Å². The molecular weight excluding hydrogens is 279 g/mol. The molecular formula is C13H17N2O4P. The third-order valence-corrected chi connectivity index (χ3v) is 4.77. The maximum absolute atomic E-state index is 12.5. The number of pyridine rings is 2. The van der Waals surface area contributed by atoms with Crippen LogP contribution in [0, 0.1) is 0 Å². The number of aromatic amines is 1. The van der Waals surface area contributed by atoms with E-state index in [1.807, 2.05) is 0 Å². The van der Waals surface area contributed by atoms with Gasteiger partial charge in [0, 0.05) is 23.3 Å². The van der Waals surface area contributed by atoms with Crippen molar-refractivity contribution < 1.29 is 13.6 Å². The lowest BCUT2D eigenvalue weighted by atomic mass is 10.2. The Bertz CT molecular complexity index is 688. The summed E-state index contributed by atoms with van der Waals surface area (Å²) in [5, 5.41) is 0.779. The van der Waals surface area contributed by atoms with Crippen molar-refractivity contribution >= 4 is 18.5 Å². The van der Waals surface area contributed by atoms with Gasteiger partial charge in [0.15, 0.2) is 0 Å². The molecule has 0 aliphatic rings. The summed E-state index contributed by atoms with van der Waals surface area (Å²) in [6.45, 7) is 4.01. The van der Waals surface area contributed by atoms with Gasteiger partial charge in [0.25, 0.3) is 5.56 Å². The number of nitrogens with zero attached hydrogens (tertiary/aromatic N) is 1. The summed E-state index contributed by atoms with van der Waals surface area (Å²) in [7, 11) is -3.29. The minimum atomic E-state index is -3.29. The average Bonchev–Trinajstić information content (AvgIpc) is 2.40. The van der Waals surface area contributed by atoms with E-state index < -0.39 is 7.60 Å². The van der Waals surface area contributed by atoms with Gasteiger partial charge in [0.1, 0.15) is 0 Å². The Morgan fingerprint density at radius 2 is 2.00 bits per heavy atom. The van der Waals surface area contributed by atoms with Gasteiger partial charge in [-0.05, 0) is 26.0 Å². The molecule has 0 fully saturated rings. The molecule has 0 bridgehead atoms. The van der Waals surface area contributed by atoms with Crippen molar-refractivity contribution in [2.75, 3.05) is 13.2 Å². The minimum Gasteiger partial charge on any atom is -0.322 e. The Hall–Kier alpha value is -1.49. The van der Waals surface area contributed by atoms with Crippen molar-refractivity contribution in [3.8, 4) is 0 Å². The zero-order valence-electron chi connectivity index (χ0n) is 11.5. The van der Waals surface area contributed by atoms with Gasteiger partial charge in [-0.15, -0.1) is 0 Å². The van der Waals surface area contributed by atoms with Gasteiger partial charge in [0.05, 0.1) is 24.9 Å². The molecule has 0 atom stereocenters. The van der Waals surface area contributed by atoms with E-state index in [1.54, 1.807) is 38.4 Å². The zero-order chi connectivity index (χ0) is 14.6. The summed E-state index contributed by atoms with van der Waals surface area (Å²) < 4.78 is 22.9. The van der Waals surface area contributed by atoms with Gasteiger partial charge in [0.2, 0.25) is 0 Å². The van der Waals surface area contributed by atoms with Crippen LogP contribution >= 0.6 is 7.60 Å². The topological polar surface area (TPSA) is 81.3 Å². The molecule has 7 heteroatoms. The molecule has 0 spiro atoms. The molecule has 1 N–H and O–H groups in total. The summed E-state index contributed by atoms with van der Waals surface area (Å²) in [5.74, 6) is 0. The monoisotopic (exact) mass is 296 g/mol. The van der Waals surface area contributed by atoms with Crippen LogP contribution in [-0.2, 0) is 19.8 Å². The second-order valence-electron chi connectivity index (χ2n) is 4.19. The van der Waals surface area contributed by atoms with Crippen LogP contribution in [0.4, 0.5) is 0 Å². The highest BCUT2D eigenvalue weighted by Crippen LogP contribution is 2.50. The van der Waals surface area contributed by atoms with E-state index >= 15 is 0 Å². The fraction of sp³-hybridized carbons (Fsp3) is 0.385. The largest absolute Gasteiger partial charge is 0.335 e. The van der Waals surface area contributed by atoms with Crippen LogP contribution in [0.2, 0.25) is 0 Å². The SMILES string of the molecule is CCOP(=O)(Cc1cc2cnccc2[nH]c1=O)OCC. The van der Waals surface area contributed by atoms with Crippen LogP contribution in [0.25, 0.3) is 10.9 Å². The van der Waals surface area contributed by atoms with Gasteiger partial charge < -0.3 is 14.0 Å². The lowest BCUT2D eigenvalue weighted by molar-refractivity contribution is 0.219. The highest BCUT2D eigenvalue weighted by atomic mass is 31.2. The minimum absolute atomic E-state index is 0.0468. The predicted molar refractivity (Wildman–Crippen MR) is 76.9 cm³/mol. The molecule has 2 aromatic heterocycles. The van der Waals surface area contributed by atoms with Gasteiger partial charge in [-0.25, -0.2) is 0 Å². The molecule has 0 aliphatic carbocycles. The van der Waals surface area contributed by atoms with E-state index in [1.165, 1.54) is 0 Å². The number of nitrogens with one attached hydrogen (secondary N) is 1. The van der Waals surface area contributed by atoms with Crippen molar-refractivity contribution in [1.29, 1.82) is 0 Å². The number of aromatic nitrogens is 2. The zero-order valence-corrected chi connectivity index (χ0v) is 12.4. The Labute approximate surface area is 116 Å². The molecule has 2 rings (SSSR count). The second kappa shape index (κ2) is 6.31. The first-order valence-electron chi connectivity index (χ1n) is 6.42. The molecule has 2 aromatic rings. The molecule has 0 amide bonds. The van der Waals surface area contributed by atoms with Crippen molar-refractivity contribution in [3.05, 3.63) is 40.4 Å². The maximum atomic E-state index is 12.5. The molecule has 0 unspecified atom stereocenters. The molecule has 6 nitrogen and oxygen atoms in total. The van der Waals surface area contributed by atoms with Crippen LogP contribution in [0.5, 0.6) is 0 Å². The fourth-order valence-electron chi connectivity index (χ4n) is 1.94. The molecule has 0 radical (unpaired) electrons. The highest BCUT2D eigenvalue weighted by Gasteiger charge is 2.25. The maximum Gasteiger partial charge on any atom is 0.335 e. The Balaban J connectivity index is 2.39. The Morgan fingerprint density at radius 1 is 1.30 bits per heavy atom. The molecule has 0 aliphatic heterocycles. The van der Waals surface area contributed by atoms with Crippen molar-refractivity contribution in [2.45, 2.75) is 20.0 Å².